The lowest BCUT2D eigenvalue weighted by molar-refractivity contribution is 0.0818. The number of halogens is 2. The number of urea groups is 1. The van der Waals surface area contributed by atoms with Gasteiger partial charge in [0.1, 0.15) is 12.4 Å². The molecule has 1 aliphatic rings. The summed E-state index contributed by atoms with van der Waals surface area (Å²) in [4.78, 5) is 14.6. The Hall–Kier alpha value is -2.67. The van der Waals surface area contributed by atoms with Crippen LogP contribution in [0.15, 0.2) is 54.6 Å². The number of alkyl halides is 2. The maximum atomic E-state index is 12.3. The Bertz CT molecular complexity index is 789. The minimum Gasteiger partial charge on any atom is -0.488 e. The fourth-order valence-electron chi connectivity index (χ4n) is 3.69. The van der Waals surface area contributed by atoms with E-state index in [0.717, 1.165) is 38.0 Å². The molecule has 1 saturated heterocycles. The third kappa shape index (κ3) is 7.63. The van der Waals surface area contributed by atoms with Crippen LogP contribution in [-0.2, 0) is 13.1 Å². The molecule has 2 N–H and O–H groups in total. The van der Waals surface area contributed by atoms with Crippen LogP contribution in [0.25, 0.3) is 0 Å². The summed E-state index contributed by atoms with van der Waals surface area (Å²) in [5.41, 5.74) is 2.10. The van der Waals surface area contributed by atoms with E-state index in [0.29, 0.717) is 24.8 Å². The zero-order chi connectivity index (χ0) is 21.2. The first-order valence-corrected chi connectivity index (χ1v) is 10.4. The van der Waals surface area contributed by atoms with Crippen molar-refractivity contribution < 1.29 is 18.3 Å². The molecule has 0 aromatic heterocycles. The Balaban J connectivity index is 1.37. The molecule has 30 heavy (non-hydrogen) atoms. The number of benzene rings is 2. The topological polar surface area (TPSA) is 53.6 Å². The molecule has 5 nitrogen and oxygen atoms in total. The Morgan fingerprint density at radius 2 is 1.90 bits per heavy atom. The molecule has 2 amide bonds. The Morgan fingerprint density at radius 3 is 2.70 bits per heavy atom. The molecule has 7 heteroatoms. The quantitative estimate of drug-likeness (QED) is 0.648. The molecule has 0 saturated carbocycles. The van der Waals surface area contributed by atoms with Gasteiger partial charge in [-0.25, -0.2) is 13.6 Å². The second-order valence-electron chi connectivity index (χ2n) is 7.64. The average Bonchev–Trinajstić information content (AvgIpc) is 2.76. The number of likely N-dealkylation sites (tertiary alicyclic amines) is 1. The number of hydrogen-bond acceptors (Lipinski definition) is 3. The molecule has 1 fully saturated rings. The summed E-state index contributed by atoms with van der Waals surface area (Å²) in [7, 11) is 0. The number of nitrogens with one attached hydrogen (secondary N) is 2. The Labute approximate surface area is 176 Å². The first-order chi connectivity index (χ1) is 14.6. The van der Waals surface area contributed by atoms with E-state index >= 15 is 0 Å². The molecule has 2 aromatic rings. The van der Waals surface area contributed by atoms with Crippen molar-refractivity contribution >= 4 is 6.03 Å². The van der Waals surface area contributed by atoms with Crippen LogP contribution in [0.1, 0.15) is 24.0 Å². The summed E-state index contributed by atoms with van der Waals surface area (Å²) in [6, 6.07) is 17.0. The highest BCUT2D eigenvalue weighted by atomic mass is 19.3. The number of nitrogens with zero attached hydrogens (tertiary/aromatic N) is 1. The van der Waals surface area contributed by atoms with Crippen LogP contribution < -0.4 is 15.4 Å². The smallest absolute Gasteiger partial charge is 0.315 e. The first kappa shape index (κ1) is 22.0. The predicted molar refractivity (Wildman–Crippen MR) is 113 cm³/mol. The van der Waals surface area contributed by atoms with Crippen molar-refractivity contribution in [2.24, 2.45) is 5.92 Å². The Morgan fingerprint density at radius 1 is 1.10 bits per heavy atom. The van der Waals surface area contributed by atoms with Gasteiger partial charge in [0.05, 0.1) is 0 Å². The van der Waals surface area contributed by atoms with E-state index in [9.17, 15) is 13.6 Å². The van der Waals surface area contributed by atoms with Gasteiger partial charge >= 0.3 is 6.03 Å². The minimum absolute atomic E-state index is 0.228. The highest BCUT2D eigenvalue weighted by Crippen LogP contribution is 2.18. The van der Waals surface area contributed by atoms with Gasteiger partial charge in [0, 0.05) is 26.2 Å². The zero-order valence-electron chi connectivity index (χ0n) is 17.0. The van der Waals surface area contributed by atoms with E-state index in [4.69, 9.17) is 4.74 Å². The highest BCUT2D eigenvalue weighted by molar-refractivity contribution is 5.73. The zero-order valence-corrected chi connectivity index (χ0v) is 17.0. The molecule has 2 aromatic carbocycles. The maximum absolute atomic E-state index is 12.3. The summed E-state index contributed by atoms with van der Waals surface area (Å²) in [6.07, 6.45) is -0.276. The third-order valence-electron chi connectivity index (χ3n) is 5.13. The second-order valence-corrected chi connectivity index (χ2v) is 7.64. The fraction of sp³-hybridized carbons (Fsp3) is 0.435. The molecule has 162 valence electrons. The average molecular weight is 418 g/mol. The number of piperidine rings is 1. The largest absolute Gasteiger partial charge is 0.488 e. The molecular formula is C23H29F2N3O2. The van der Waals surface area contributed by atoms with Gasteiger partial charge in [0.15, 0.2) is 0 Å². The van der Waals surface area contributed by atoms with Crippen molar-refractivity contribution in [2.45, 2.75) is 32.4 Å². The number of carbonyl (C=O) groups is 1. The van der Waals surface area contributed by atoms with Crippen LogP contribution in [0.4, 0.5) is 13.6 Å². The number of carbonyl (C=O) groups excluding carboxylic acids is 1. The van der Waals surface area contributed by atoms with E-state index < -0.39 is 13.0 Å². The molecule has 3 rings (SSSR count). The molecule has 0 bridgehead atoms. The van der Waals surface area contributed by atoms with Crippen molar-refractivity contribution in [3.8, 4) is 5.75 Å². The molecule has 0 radical (unpaired) electrons. The third-order valence-corrected chi connectivity index (χ3v) is 5.13. The number of hydrogen-bond donors (Lipinski definition) is 2. The van der Waals surface area contributed by atoms with E-state index in [1.54, 1.807) is 18.2 Å². The molecule has 1 unspecified atom stereocenters. The van der Waals surface area contributed by atoms with Crippen LogP contribution in [0.5, 0.6) is 5.75 Å². The van der Waals surface area contributed by atoms with Gasteiger partial charge in [0.25, 0.3) is 6.43 Å². The number of amides is 2. The monoisotopic (exact) mass is 417 g/mol. The van der Waals surface area contributed by atoms with E-state index in [1.165, 1.54) is 5.56 Å². The summed E-state index contributed by atoms with van der Waals surface area (Å²) in [5.74, 6) is 0.801. The molecular weight excluding hydrogens is 388 g/mol. The lowest BCUT2D eigenvalue weighted by Gasteiger charge is -2.32. The van der Waals surface area contributed by atoms with Crippen molar-refractivity contribution in [2.75, 3.05) is 26.2 Å². The number of ether oxygens (including phenoxy) is 1. The van der Waals surface area contributed by atoms with Gasteiger partial charge < -0.3 is 15.4 Å². The van der Waals surface area contributed by atoms with Crippen molar-refractivity contribution in [1.82, 2.24) is 15.5 Å². The molecule has 1 atom stereocenters. The summed E-state index contributed by atoms with van der Waals surface area (Å²) < 4.78 is 29.5. The van der Waals surface area contributed by atoms with Crippen molar-refractivity contribution in [3.05, 3.63) is 65.7 Å². The molecule has 1 aliphatic heterocycles. The normalized spacial score (nSPS) is 17.0. The van der Waals surface area contributed by atoms with Gasteiger partial charge in [-0.2, -0.15) is 0 Å². The van der Waals surface area contributed by atoms with Gasteiger partial charge in [-0.05, 0) is 48.6 Å². The van der Waals surface area contributed by atoms with Crippen molar-refractivity contribution in [1.29, 1.82) is 0 Å². The Kier molecular flexibility index (Phi) is 8.44. The lowest BCUT2D eigenvalue weighted by atomic mass is 9.97. The van der Waals surface area contributed by atoms with Gasteiger partial charge in [-0.3, -0.25) is 4.90 Å². The standard InChI is InChI=1S/C23H29F2N3O2/c24-22(25)17-30-21-10-4-8-19(12-21)13-26-23(29)27-14-20-9-5-11-28(16-20)15-18-6-2-1-3-7-18/h1-4,6-8,10,12,20,22H,5,9,11,13-17H2,(H2,26,27,29). The van der Waals surface area contributed by atoms with E-state index in [1.807, 2.05) is 12.1 Å². The van der Waals surface area contributed by atoms with Crippen LogP contribution in [0.3, 0.4) is 0 Å². The van der Waals surface area contributed by atoms with Crippen LogP contribution >= 0.6 is 0 Å². The van der Waals surface area contributed by atoms with Crippen LogP contribution in [0.2, 0.25) is 0 Å². The first-order valence-electron chi connectivity index (χ1n) is 10.4. The maximum Gasteiger partial charge on any atom is 0.315 e. The highest BCUT2D eigenvalue weighted by Gasteiger charge is 2.20. The van der Waals surface area contributed by atoms with E-state index in [-0.39, 0.29) is 6.03 Å². The summed E-state index contributed by atoms with van der Waals surface area (Å²) in [6.45, 7) is 3.30. The second kappa shape index (κ2) is 11.5. The molecule has 1 heterocycles. The SMILES string of the molecule is O=C(NCc1cccc(OCC(F)F)c1)NCC1CCCN(Cc2ccccc2)C1. The van der Waals surface area contributed by atoms with Crippen LogP contribution in [-0.4, -0.2) is 43.6 Å². The lowest BCUT2D eigenvalue weighted by Crippen LogP contribution is -2.43. The van der Waals surface area contributed by atoms with E-state index in [2.05, 4.69) is 39.8 Å². The van der Waals surface area contributed by atoms with Crippen LogP contribution in [0, 0.1) is 5.92 Å². The van der Waals surface area contributed by atoms with Gasteiger partial charge in [-0.1, -0.05) is 42.5 Å². The van der Waals surface area contributed by atoms with Crippen molar-refractivity contribution in [3.63, 3.8) is 0 Å². The summed E-state index contributed by atoms with van der Waals surface area (Å²) in [5, 5.41) is 5.77. The summed E-state index contributed by atoms with van der Waals surface area (Å²) >= 11 is 0. The number of rotatable bonds is 9. The fourth-order valence-corrected chi connectivity index (χ4v) is 3.69. The van der Waals surface area contributed by atoms with Gasteiger partial charge in [0.2, 0.25) is 0 Å². The van der Waals surface area contributed by atoms with Gasteiger partial charge in [-0.15, -0.1) is 0 Å². The molecule has 0 spiro atoms. The predicted octanol–water partition coefficient (Wildman–Crippen LogP) is 4.04. The minimum atomic E-state index is -2.51. The molecule has 0 aliphatic carbocycles.